The van der Waals surface area contributed by atoms with Crippen molar-refractivity contribution in [2.24, 2.45) is 17.0 Å². The number of primary sulfonamides is 1. The number of fused-ring (bicyclic) bond motifs is 5. The first-order chi connectivity index (χ1) is 5.57. The Bertz CT molecular complexity index is 326. The Morgan fingerprint density at radius 2 is 2.00 bits per heavy atom. The molecule has 0 unspecified atom stereocenters. The molecule has 3 rings (SSSR count). The van der Waals surface area contributed by atoms with Gasteiger partial charge in [0.2, 0.25) is 10.0 Å². The molecule has 68 valence electrons. The lowest BCUT2D eigenvalue weighted by molar-refractivity contribution is 0.0732. The van der Waals surface area contributed by atoms with Crippen molar-refractivity contribution in [2.75, 3.05) is 0 Å². The van der Waals surface area contributed by atoms with Crippen molar-refractivity contribution in [3.8, 4) is 0 Å². The van der Waals surface area contributed by atoms with Crippen LogP contribution < -0.4 is 5.14 Å². The van der Waals surface area contributed by atoms with Crippen LogP contribution >= 0.6 is 0 Å². The number of rotatable bonds is 1. The average Bonchev–Trinajstić information content (AvgIpc) is 2.55. The first-order valence-corrected chi connectivity index (χ1v) is 5.85. The third kappa shape index (κ3) is 0.765. The summed E-state index contributed by atoms with van der Waals surface area (Å²) in [5, 5.41) is 4.69. The molecular weight excluding hydrogens is 178 g/mol. The largest absolute Gasteiger partial charge is 0.373 e. The van der Waals surface area contributed by atoms with E-state index in [1.807, 2.05) is 0 Å². The molecule has 0 amide bonds. The van der Waals surface area contributed by atoms with Crippen LogP contribution in [0.25, 0.3) is 0 Å². The lowest BCUT2D eigenvalue weighted by Crippen LogP contribution is -2.37. The van der Waals surface area contributed by atoms with Gasteiger partial charge in [0.25, 0.3) is 0 Å². The Balaban J connectivity index is 1.94. The van der Waals surface area contributed by atoms with Gasteiger partial charge in [-0.15, -0.1) is 0 Å². The second-order valence-electron chi connectivity index (χ2n) is 4.07. The first kappa shape index (κ1) is 7.29. The highest BCUT2D eigenvalue weighted by Gasteiger charge is 2.64. The molecule has 0 radical (unpaired) electrons. The van der Waals surface area contributed by atoms with Crippen LogP contribution in [0, 0.1) is 11.8 Å². The minimum absolute atomic E-state index is 0.0741. The fourth-order valence-corrected chi connectivity index (χ4v) is 3.82. The Morgan fingerprint density at radius 1 is 1.25 bits per heavy atom. The minimum atomic E-state index is -3.36. The van der Waals surface area contributed by atoms with Gasteiger partial charge < -0.3 is 4.74 Å². The van der Waals surface area contributed by atoms with Crippen LogP contribution in [-0.4, -0.2) is 25.9 Å². The Morgan fingerprint density at radius 3 is 2.50 bits per heavy atom. The van der Waals surface area contributed by atoms with Gasteiger partial charge in [0.05, 0.1) is 12.2 Å². The lowest BCUT2D eigenvalue weighted by atomic mass is 10.0. The van der Waals surface area contributed by atoms with E-state index in [1.54, 1.807) is 0 Å². The van der Waals surface area contributed by atoms with Gasteiger partial charge in [-0.2, -0.15) is 0 Å². The second-order valence-corrected chi connectivity index (χ2v) is 5.85. The van der Waals surface area contributed by atoms with Crippen molar-refractivity contribution in [3.05, 3.63) is 0 Å². The molecule has 2 heterocycles. The number of ether oxygens (including phenoxy) is 1. The zero-order chi connectivity index (χ0) is 8.51. The van der Waals surface area contributed by atoms with Gasteiger partial charge in [0, 0.05) is 0 Å². The lowest BCUT2D eigenvalue weighted by Gasteiger charge is -2.15. The Kier molecular flexibility index (Phi) is 1.13. The van der Waals surface area contributed by atoms with Crippen LogP contribution in [0.2, 0.25) is 0 Å². The molecule has 0 aromatic carbocycles. The third-order valence-electron chi connectivity index (χ3n) is 3.38. The fraction of sp³-hybridized carbons (Fsp3) is 1.00. The molecule has 2 saturated heterocycles. The van der Waals surface area contributed by atoms with E-state index in [-0.39, 0.29) is 12.2 Å². The van der Waals surface area contributed by atoms with Gasteiger partial charge in [-0.25, -0.2) is 13.6 Å². The van der Waals surface area contributed by atoms with Gasteiger partial charge in [-0.1, -0.05) is 0 Å². The smallest absolute Gasteiger partial charge is 0.214 e. The maximum atomic E-state index is 11.1. The summed E-state index contributed by atoms with van der Waals surface area (Å²) in [6.07, 6.45) is 1.91. The highest BCUT2D eigenvalue weighted by molar-refractivity contribution is 7.89. The molecule has 1 saturated carbocycles. The summed E-state index contributed by atoms with van der Waals surface area (Å²) in [7, 11) is -3.36. The van der Waals surface area contributed by atoms with Gasteiger partial charge >= 0.3 is 0 Å². The van der Waals surface area contributed by atoms with Crippen LogP contribution in [-0.2, 0) is 14.8 Å². The van der Waals surface area contributed by atoms with Crippen LogP contribution in [0.1, 0.15) is 12.8 Å². The van der Waals surface area contributed by atoms with Crippen LogP contribution in [0.3, 0.4) is 0 Å². The molecule has 2 aliphatic heterocycles. The molecule has 0 spiro atoms. The van der Waals surface area contributed by atoms with Crippen LogP contribution in [0.15, 0.2) is 0 Å². The number of hydrogen-bond donors (Lipinski definition) is 1. The summed E-state index contributed by atoms with van der Waals surface area (Å²) in [4.78, 5) is 0. The van der Waals surface area contributed by atoms with E-state index in [0.717, 1.165) is 6.42 Å². The SMILES string of the molecule is NS(=O)(=O)[C@@H]1C[C@@H]2O[C@@H]1[C@H]1C[C@H]12. The molecule has 5 heteroatoms. The van der Waals surface area contributed by atoms with E-state index in [9.17, 15) is 8.42 Å². The molecule has 5 atom stereocenters. The van der Waals surface area contributed by atoms with Gasteiger partial charge in [-0.3, -0.25) is 0 Å². The van der Waals surface area contributed by atoms with Gasteiger partial charge in [-0.05, 0) is 24.7 Å². The first-order valence-electron chi connectivity index (χ1n) is 4.24. The van der Waals surface area contributed by atoms with Crippen molar-refractivity contribution in [3.63, 3.8) is 0 Å². The molecule has 12 heavy (non-hydrogen) atoms. The summed E-state index contributed by atoms with van der Waals surface area (Å²) in [6, 6.07) is 0. The van der Waals surface area contributed by atoms with Gasteiger partial charge in [0.1, 0.15) is 5.25 Å². The van der Waals surface area contributed by atoms with Gasteiger partial charge in [0.15, 0.2) is 0 Å². The molecule has 0 aromatic rings. The predicted octanol–water partition coefficient (Wildman–Crippen LogP) is -0.549. The van der Waals surface area contributed by atoms with E-state index in [2.05, 4.69) is 0 Å². The van der Waals surface area contributed by atoms with Crippen molar-refractivity contribution < 1.29 is 13.2 Å². The minimum Gasteiger partial charge on any atom is -0.373 e. The summed E-state index contributed by atoms with van der Waals surface area (Å²) >= 11 is 0. The summed E-state index contributed by atoms with van der Waals surface area (Å²) in [5.74, 6) is 1.17. The molecule has 4 nitrogen and oxygen atoms in total. The average molecular weight is 189 g/mol. The molecule has 3 aliphatic rings. The standard InChI is InChI=1S/C7H11NO3S/c8-12(9,10)6-2-5-3-1-4(3)7(6)11-5/h3-7H,1-2H2,(H2,8,9,10)/t3-,4+,5+,6-,7-/m1/s1. The van der Waals surface area contributed by atoms with E-state index < -0.39 is 15.3 Å². The highest BCUT2D eigenvalue weighted by atomic mass is 32.2. The molecule has 3 fully saturated rings. The summed E-state index contributed by atoms with van der Waals surface area (Å²) in [6.45, 7) is 0. The topological polar surface area (TPSA) is 69.4 Å². The van der Waals surface area contributed by atoms with Crippen LogP contribution in [0.4, 0.5) is 0 Å². The molecule has 0 aromatic heterocycles. The highest BCUT2D eigenvalue weighted by Crippen LogP contribution is 2.59. The molecule has 1 aliphatic carbocycles. The van der Waals surface area contributed by atoms with Crippen molar-refractivity contribution in [1.29, 1.82) is 0 Å². The quantitative estimate of drug-likeness (QED) is 0.601. The van der Waals surface area contributed by atoms with Crippen LogP contribution in [0.5, 0.6) is 0 Å². The maximum Gasteiger partial charge on any atom is 0.214 e. The van der Waals surface area contributed by atoms with E-state index in [4.69, 9.17) is 9.88 Å². The summed E-state index contributed by atoms with van der Waals surface area (Å²) in [5.41, 5.74) is 0. The molecular formula is C7H11NO3S. The Hall–Kier alpha value is -0.130. The monoisotopic (exact) mass is 189 g/mol. The maximum absolute atomic E-state index is 11.1. The second kappa shape index (κ2) is 1.86. The van der Waals surface area contributed by atoms with E-state index >= 15 is 0 Å². The fourth-order valence-electron chi connectivity index (χ4n) is 2.72. The molecule has 2 N–H and O–H groups in total. The number of sulfonamides is 1. The number of nitrogens with two attached hydrogens (primary N) is 1. The van der Waals surface area contributed by atoms with Crippen molar-refractivity contribution in [1.82, 2.24) is 0 Å². The van der Waals surface area contributed by atoms with Crippen molar-refractivity contribution in [2.45, 2.75) is 30.3 Å². The Labute approximate surface area is 71.1 Å². The number of hydrogen-bond acceptors (Lipinski definition) is 3. The summed E-state index contributed by atoms with van der Waals surface area (Å²) < 4.78 is 27.7. The predicted molar refractivity (Wildman–Crippen MR) is 41.8 cm³/mol. The zero-order valence-electron chi connectivity index (χ0n) is 6.51. The normalized spacial score (nSPS) is 55.6. The van der Waals surface area contributed by atoms with E-state index in [1.165, 1.54) is 0 Å². The molecule has 2 bridgehead atoms. The zero-order valence-corrected chi connectivity index (χ0v) is 7.33. The van der Waals surface area contributed by atoms with E-state index in [0.29, 0.717) is 18.3 Å². The van der Waals surface area contributed by atoms with Crippen molar-refractivity contribution >= 4 is 10.0 Å². The third-order valence-corrected chi connectivity index (χ3v) is 4.68.